The van der Waals surface area contributed by atoms with Gasteiger partial charge in [-0.1, -0.05) is 39.5 Å². The molecule has 6 aliphatic rings. The average molecular weight is 469 g/mol. The van der Waals surface area contributed by atoms with Crippen LogP contribution in [-0.4, -0.2) is 24.3 Å². The molecule has 190 valence electrons. The maximum atomic E-state index is 15.8. The Morgan fingerprint density at radius 2 is 1.15 bits per heavy atom. The van der Waals surface area contributed by atoms with E-state index in [4.69, 9.17) is 4.74 Å². The van der Waals surface area contributed by atoms with Crippen LogP contribution in [0, 0.1) is 40.9 Å². The predicted octanol–water partition coefficient (Wildman–Crippen LogP) is 8.75. The van der Waals surface area contributed by atoms with Crippen molar-refractivity contribution in [3.63, 3.8) is 0 Å². The van der Waals surface area contributed by atoms with Crippen LogP contribution in [-0.2, 0) is 4.74 Å². The van der Waals surface area contributed by atoms with Crippen molar-refractivity contribution < 1.29 is 17.9 Å². The molecule has 0 saturated heterocycles. The van der Waals surface area contributed by atoms with Gasteiger partial charge in [0, 0.05) is 5.41 Å². The third-order valence-electron chi connectivity index (χ3n) is 11.5. The molecule has 33 heavy (non-hydrogen) atoms. The lowest BCUT2D eigenvalue weighted by atomic mass is 9.48. The average Bonchev–Trinajstić information content (AvgIpc) is 2.83. The molecule has 0 radical (unpaired) electrons. The van der Waals surface area contributed by atoms with Crippen LogP contribution >= 0.6 is 0 Å². The van der Waals surface area contributed by atoms with Crippen molar-refractivity contribution >= 4 is 0 Å². The lowest BCUT2D eigenvalue weighted by Crippen LogP contribution is -2.69. The Labute approximate surface area is 200 Å². The first-order chi connectivity index (χ1) is 15.8. The minimum Gasteiger partial charge on any atom is -0.371 e. The van der Waals surface area contributed by atoms with Crippen molar-refractivity contribution in [1.82, 2.24) is 0 Å². The van der Waals surface area contributed by atoms with Gasteiger partial charge in [0.15, 0.2) is 6.17 Å². The molecule has 2 bridgehead atoms. The van der Waals surface area contributed by atoms with E-state index in [9.17, 15) is 0 Å². The molecule has 0 aliphatic heterocycles. The summed E-state index contributed by atoms with van der Waals surface area (Å²) in [5, 5.41) is 0. The number of hydrogen-bond donors (Lipinski definition) is 0. The molecule has 6 rings (SSSR count). The predicted molar refractivity (Wildman–Crippen MR) is 127 cm³/mol. The monoisotopic (exact) mass is 468 g/mol. The fourth-order valence-corrected chi connectivity index (χ4v) is 8.87. The minimum absolute atomic E-state index is 0.0114. The van der Waals surface area contributed by atoms with E-state index < -0.39 is 23.1 Å². The molecule has 0 heterocycles. The van der Waals surface area contributed by atoms with Crippen LogP contribution in [0.2, 0.25) is 0 Å². The Balaban J connectivity index is 1.20. The fourth-order valence-electron chi connectivity index (χ4n) is 8.87. The molecule has 0 aromatic carbocycles. The van der Waals surface area contributed by atoms with Gasteiger partial charge in [0.05, 0.1) is 6.61 Å². The van der Waals surface area contributed by atoms with Gasteiger partial charge in [-0.05, 0) is 113 Å². The minimum atomic E-state index is -3.25. The highest BCUT2D eigenvalue weighted by Crippen LogP contribution is 2.67. The van der Waals surface area contributed by atoms with Gasteiger partial charge in [0.2, 0.25) is 0 Å². The van der Waals surface area contributed by atoms with Crippen molar-refractivity contribution in [1.29, 1.82) is 0 Å². The van der Waals surface area contributed by atoms with Gasteiger partial charge in [-0.2, -0.15) is 0 Å². The van der Waals surface area contributed by atoms with Crippen molar-refractivity contribution in [3.05, 3.63) is 0 Å². The molecule has 0 aromatic heterocycles. The lowest BCUT2D eigenvalue weighted by Gasteiger charge is -2.62. The van der Waals surface area contributed by atoms with Crippen molar-refractivity contribution in [2.45, 2.75) is 134 Å². The number of rotatable bonds is 5. The smallest absolute Gasteiger partial charge is 0.287 e. The third-order valence-corrected chi connectivity index (χ3v) is 11.5. The second-order valence-corrected chi connectivity index (χ2v) is 13.3. The van der Waals surface area contributed by atoms with Crippen LogP contribution < -0.4 is 0 Å². The topological polar surface area (TPSA) is 9.23 Å². The Morgan fingerprint density at radius 1 is 0.667 bits per heavy atom. The summed E-state index contributed by atoms with van der Waals surface area (Å²) in [6.45, 7) is 5.10. The first-order valence-electron chi connectivity index (χ1n) is 14.4. The molecule has 0 N–H and O–H groups in total. The van der Waals surface area contributed by atoms with E-state index in [2.05, 4.69) is 13.8 Å². The van der Waals surface area contributed by atoms with Crippen molar-refractivity contribution in [3.8, 4) is 0 Å². The summed E-state index contributed by atoms with van der Waals surface area (Å²) in [7, 11) is 0. The van der Waals surface area contributed by atoms with E-state index >= 15 is 13.2 Å². The van der Waals surface area contributed by atoms with Gasteiger partial charge in [0.1, 0.15) is 5.60 Å². The maximum Gasteiger partial charge on any atom is 0.287 e. The fraction of sp³-hybridized carbons (Fsp3) is 1.00. The molecular formula is C29H47F3O. The third kappa shape index (κ3) is 4.31. The molecule has 6 fully saturated rings. The van der Waals surface area contributed by atoms with E-state index in [-0.39, 0.29) is 5.92 Å². The summed E-state index contributed by atoms with van der Waals surface area (Å²) in [5.41, 5.74) is -2.35. The van der Waals surface area contributed by atoms with Gasteiger partial charge in [0.25, 0.3) is 5.92 Å². The highest BCUT2D eigenvalue weighted by Gasteiger charge is 2.74. The van der Waals surface area contributed by atoms with E-state index in [0.717, 1.165) is 56.3 Å². The molecular weight excluding hydrogens is 421 g/mol. The Hall–Kier alpha value is -0.250. The largest absolute Gasteiger partial charge is 0.371 e. The first kappa shape index (κ1) is 24.4. The summed E-state index contributed by atoms with van der Waals surface area (Å²) in [5.74, 6) is 0.279. The first-order valence-corrected chi connectivity index (χ1v) is 14.4. The second kappa shape index (κ2) is 9.32. The highest BCUT2D eigenvalue weighted by atomic mass is 19.3. The summed E-state index contributed by atoms with van der Waals surface area (Å²) in [6, 6.07) is 0. The summed E-state index contributed by atoms with van der Waals surface area (Å²) >= 11 is 0. The van der Waals surface area contributed by atoms with Crippen LogP contribution in [0.25, 0.3) is 0 Å². The molecule has 4 heteroatoms. The van der Waals surface area contributed by atoms with Crippen LogP contribution in [0.3, 0.4) is 0 Å². The van der Waals surface area contributed by atoms with Gasteiger partial charge in [-0.15, -0.1) is 0 Å². The highest BCUT2D eigenvalue weighted by molar-refractivity contribution is 5.17. The van der Waals surface area contributed by atoms with Crippen LogP contribution in [0.5, 0.6) is 0 Å². The van der Waals surface area contributed by atoms with Crippen molar-refractivity contribution in [2.75, 3.05) is 6.61 Å². The maximum absolute atomic E-state index is 15.8. The van der Waals surface area contributed by atoms with E-state index in [0.29, 0.717) is 44.1 Å². The van der Waals surface area contributed by atoms with E-state index in [1.807, 2.05) is 0 Å². The second-order valence-electron chi connectivity index (χ2n) is 13.3. The van der Waals surface area contributed by atoms with Gasteiger partial charge < -0.3 is 4.74 Å². The van der Waals surface area contributed by atoms with Crippen LogP contribution in [0.1, 0.15) is 117 Å². The molecule has 1 atom stereocenters. The Kier molecular flexibility index (Phi) is 6.91. The van der Waals surface area contributed by atoms with Crippen LogP contribution in [0.15, 0.2) is 0 Å². The Morgan fingerprint density at radius 3 is 1.70 bits per heavy atom. The normalized spacial score (nSPS) is 50.3. The summed E-state index contributed by atoms with van der Waals surface area (Å²) in [6.07, 6.45) is 13.6. The molecule has 1 nitrogen and oxygen atoms in total. The molecule has 0 amide bonds. The van der Waals surface area contributed by atoms with Gasteiger partial charge in [-0.25, -0.2) is 13.2 Å². The molecule has 1 unspecified atom stereocenters. The molecule has 0 aromatic rings. The lowest BCUT2D eigenvalue weighted by molar-refractivity contribution is -0.318. The standard InChI is InChI=1S/C29H47F3O/c1-20-3-7-22(8-4-20)19-33-28-17-15-27(16-18-28,29(31,32)26(28)30)25-13-11-24(12-14-25)23-9-5-21(2)6-10-23/h20-26H,3-19H2,1-2H3. The van der Waals surface area contributed by atoms with Gasteiger partial charge in [-0.3, -0.25) is 0 Å². The Bertz CT molecular complexity index is 646. The van der Waals surface area contributed by atoms with Crippen LogP contribution in [0.4, 0.5) is 13.2 Å². The zero-order valence-electron chi connectivity index (χ0n) is 21.1. The molecule has 6 saturated carbocycles. The van der Waals surface area contributed by atoms with E-state index in [1.54, 1.807) is 0 Å². The summed E-state index contributed by atoms with van der Waals surface area (Å²) in [4.78, 5) is 0. The molecule has 0 spiro atoms. The summed E-state index contributed by atoms with van der Waals surface area (Å²) < 4.78 is 53.5. The molecule has 6 aliphatic carbocycles. The zero-order valence-corrected chi connectivity index (χ0v) is 21.1. The van der Waals surface area contributed by atoms with Crippen molar-refractivity contribution in [2.24, 2.45) is 40.9 Å². The van der Waals surface area contributed by atoms with Gasteiger partial charge >= 0.3 is 0 Å². The quantitative estimate of drug-likeness (QED) is 0.392. The number of ether oxygens (including phenoxy) is 1. The number of fused-ring (bicyclic) bond motifs is 3. The van der Waals surface area contributed by atoms with E-state index in [1.165, 1.54) is 38.5 Å². The SMILES string of the molecule is CC1CCC(COC23CCC(C4CCC(C5CCC(C)CC5)CC4)(CC2)C(F)(F)C3F)CC1. The number of hydrogen-bond acceptors (Lipinski definition) is 1. The zero-order chi connectivity index (χ0) is 23.3. The number of halogens is 3. The number of alkyl halides is 3.